The fourth-order valence-corrected chi connectivity index (χ4v) is 13.2. The first-order valence-electron chi connectivity index (χ1n) is 29.3. The molecule has 1 spiro atoms. The molecular formula is C70H74N4O9. The van der Waals surface area contributed by atoms with Crippen LogP contribution in [0, 0.1) is 17.3 Å². The number of hydrogen-bond acceptors (Lipinski definition) is 11. The molecule has 83 heavy (non-hydrogen) atoms. The number of H-pyrrole nitrogens is 1. The number of nitrogens with one attached hydrogen (secondary N) is 2. The maximum atomic E-state index is 15.0. The molecule has 428 valence electrons. The molecule has 2 aromatic heterocycles. The highest BCUT2D eigenvalue weighted by molar-refractivity contribution is 5.95. The highest BCUT2D eigenvalue weighted by atomic mass is 16.5. The number of carbonyl (C=O) groups excluding carboxylic acids is 3. The number of allylic oxidation sites excluding steroid dienone is 6. The first-order chi connectivity index (χ1) is 40.3. The van der Waals surface area contributed by atoms with E-state index in [4.69, 9.17) is 14.2 Å². The molecule has 4 bridgehead atoms. The Labute approximate surface area is 485 Å². The number of methoxy groups -OCH3 is 1. The van der Waals surface area contributed by atoms with Crippen molar-refractivity contribution < 1.29 is 43.9 Å². The van der Waals surface area contributed by atoms with Gasteiger partial charge in [-0.3, -0.25) is 14.4 Å². The SMILES string of the molecule is COc1cc(C2CC(=O)CC(OC(C)=O)CCC3(C=CC=CC3C)Cc3c[nH]cc3CC(c3cccc(O)c3)C3=CCNC(=C3)N(CCC(=O)C3CCCC3)c3cccc4cn2cc34)cc(O)c1Oc1cc(O)cc(Cc2ccccc2)c1. The third-order valence-electron chi connectivity index (χ3n) is 17.6. The number of aromatic hydroxyl groups is 3. The molecule has 2 aliphatic carbocycles. The fraction of sp³-hybridized carbons (Fsp3) is 0.329. The number of Topliss-reactive ketones (excluding diaryl/α,β-unsaturated/α-hetero) is 2. The summed E-state index contributed by atoms with van der Waals surface area (Å²) in [6.07, 6.45) is 27.7. The second kappa shape index (κ2) is 24.8. The molecule has 0 saturated heterocycles. The Kier molecular flexibility index (Phi) is 16.8. The Morgan fingerprint density at radius 2 is 1.63 bits per heavy atom. The number of aromatic nitrogens is 2. The predicted octanol–water partition coefficient (Wildman–Crippen LogP) is 13.8. The van der Waals surface area contributed by atoms with Crippen LogP contribution in [0.5, 0.6) is 34.5 Å². The summed E-state index contributed by atoms with van der Waals surface area (Å²) in [6.45, 7) is 4.54. The summed E-state index contributed by atoms with van der Waals surface area (Å²) in [5, 5.41) is 39.4. The van der Waals surface area contributed by atoms with Crippen LogP contribution in [0.25, 0.3) is 10.8 Å². The minimum atomic E-state index is -0.728. The van der Waals surface area contributed by atoms with E-state index in [0.717, 1.165) is 81.4 Å². The summed E-state index contributed by atoms with van der Waals surface area (Å²) in [7, 11) is 1.49. The highest BCUT2D eigenvalue weighted by Crippen LogP contribution is 2.47. The van der Waals surface area contributed by atoms with Gasteiger partial charge < -0.3 is 49.3 Å². The molecule has 2 aliphatic heterocycles. The third kappa shape index (κ3) is 12.8. The Morgan fingerprint density at radius 3 is 2.42 bits per heavy atom. The quantitative estimate of drug-likeness (QED) is 0.0736. The molecule has 13 nitrogen and oxygen atoms in total. The van der Waals surface area contributed by atoms with Crippen LogP contribution in [-0.2, 0) is 38.4 Å². The van der Waals surface area contributed by atoms with Gasteiger partial charge >= 0.3 is 5.97 Å². The molecule has 0 amide bonds. The van der Waals surface area contributed by atoms with Crippen LogP contribution in [0.2, 0.25) is 0 Å². The monoisotopic (exact) mass is 1110 g/mol. The van der Waals surface area contributed by atoms with E-state index < -0.39 is 23.5 Å². The smallest absolute Gasteiger partial charge is 0.302 e. The van der Waals surface area contributed by atoms with E-state index in [9.17, 15) is 24.9 Å². The van der Waals surface area contributed by atoms with Gasteiger partial charge in [0.2, 0.25) is 5.75 Å². The lowest BCUT2D eigenvalue weighted by Crippen LogP contribution is -2.36. The number of rotatable bonds is 12. The van der Waals surface area contributed by atoms with Crippen molar-refractivity contribution in [3.63, 3.8) is 0 Å². The normalized spacial score (nSPS) is 21.4. The maximum Gasteiger partial charge on any atom is 0.302 e. The minimum absolute atomic E-state index is 0.00222. The van der Waals surface area contributed by atoms with Crippen LogP contribution in [-0.4, -0.2) is 68.7 Å². The maximum absolute atomic E-state index is 15.0. The van der Waals surface area contributed by atoms with Crippen LogP contribution in [0.3, 0.4) is 0 Å². The summed E-state index contributed by atoms with van der Waals surface area (Å²) < 4.78 is 20.5. The average Bonchev–Trinajstić information content (AvgIpc) is 4.35. The molecule has 4 aliphatic rings. The summed E-state index contributed by atoms with van der Waals surface area (Å²) in [4.78, 5) is 47.8. The van der Waals surface area contributed by atoms with Gasteiger partial charge in [-0.1, -0.05) is 105 Å². The second-order valence-corrected chi connectivity index (χ2v) is 23.2. The molecule has 1 saturated carbocycles. The largest absolute Gasteiger partial charge is 0.508 e. The molecule has 5 aromatic carbocycles. The number of phenols is 3. The summed E-state index contributed by atoms with van der Waals surface area (Å²) >= 11 is 0. The van der Waals surface area contributed by atoms with Gasteiger partial charge in [-0.2, -0.15) is 0 Å². The number of ether oxygens (including phenoxy) is 3. The number of benzene rings is 5. The first kappa shape index (κ1) is 56.2. The Morgan fingerprint density at radius 1 is 0.807 bits per heavy atom. The van der Waals surface area contributed by atoms with Crippen molar-refractivity contribution in [3.05, 3.63) is 209 Å². The lowest BCUT2D eigenvalue weighted by atomic mass is 9.66. The van der Waals surface area contributed by atoms with Gasteiger partial charge in [0.25, 0.3) is 0 Å². The average molecular weight is 1120 g/mol. The van der Waals surface area contributed by atoms with Gasteiger partial charge in [0.1, 0.15) is 40.7 Å². The summed E-state index contributed by atoms with van der Waals surface area (Å²) in [5.74, 6) is 0.955. The molecule has 1 fully saturated rings. The number of nitrogens with zero attached hydrogens (tertiary/aromatic N) is 2. The van der Waals surface area contributed by atoms with Crippen LogP contribution >= 0.6 is 0 Å². The first-order valence-corrected chi connectivity index (χ1v) is 29.3. The number of dihydropyridines is 1. The van der Waals surface area contributed by atoms with Gasteiger partial charge in [-0.05, 0) is 144 Å². The van der Waals surface area contributed by atoms with Crippen molar-refractivity contribution in [3.8, 4) is 34.5 Å². The highest BCUT2D eigenvalue weighted by Gasteiger charge is 2.37. The number of ketones is 2. The van der Waals surface area contributed by atoms with Gasteiger partial charge in [0.15, 0.2) is 11.5 Å². The zero-order chi connectivity index (χ0) is 57.6. The Hall–Kier alpha value is -8.71. The third-order valence-corrected chi connectivity index (χ3v) is 17.6. The number of fused-ring (bicyclic) bond motifs is 3. The van der Waals surface area contributed by atoms with Crippen LogP contribution in [0.15, 0.2) is 176 Å². The lowest BCUT2D eigenvalue weighted by Gasteiger charge is -2.38. The molecule has 5 unspecified atom stereocenters. The minimum Gasteiger partial charge on any atom is -0.508 e. The standard InChI is InChI=1S/C70H74N4O9/c1-45-13-9-10-25-70(45)26-22-59(82-46(2)75)37-58(78)39-64(53-34-66(80)69(67(35-53)81-3)83-60-31-48(30-57(77)38-60)29-47-14-5-4-6-15-47)73-43-52-19-12-21-63(62(52)44-73)74(28-24-65(79)49-16-7-8-17-49)68-36-51(23-27-72-68)61(50-18-11-20-56(76)32-50)33-54-41-71-42-55(54)40-70/h4-6,9-15,18-21,23,25,30-32,34-36,38,41-45,49,59,61,64,71-72,76-77,80H,7-8,16-17,22,24,26-29,33,37,39-40H2,1-3H3. The zero-order valence-electron chi connectivity index (χ0n) is 47.6. The number of esters is 1. The van der Waals surface area contributed by atoms with E-state index in [1.165, 1.54) is 20.1 Å². The molecule has 7 aromatic rings. The second-order valence-electron chi connectivity index (χ2n) is 23.2. The molecular weight excluding hydrogens is 1040 g/mol. The van der Waals surface area contributed by atoms with Gasteiger partial charge in [-0.15, -0.1) is 0 Å². The van der Waals surface area contributed by atoms with E-state index >= 15 is 4.79 Å². The molecule has 11 rings (SSSR count). The predicted molar refractivity (Wildman–Crippen MR) is 323 cm³/mol. The van der Waals surface area contributed by atoms with Crippen molar-refractivity contribution in [2.24, 2.45) is 17.3 Å². The van der Waals surface area contributed by atoms with E-state index in [-0.39, 0.29) is 70.9 Å². The topological polar surface area (TPSA) is 176 Å². The fourth-order valence-electron chi connectivity index (χ4n) is 13.2. The number of anilines is 1. The van der Waals surface area contributed by atoms with Gasteiger partial charge in [0.05, 0.1) is 18.8 Å². The van der Waals surface area contributed by atoms with E-state index in [0.29, 0.717) is 62.9 Å². The number of hydrogen-bond donors (Lipinski definition) is 5. The van der Waals surface area contributed by atoms with Crippen LogP contribution < -0.4 is 19.7 Å². The zero-order valence-corrected chi connectivity index (χ0v) is 47.6. The number of phenolic OH excluding ortho intramolecular Hbond substituents is 3. The van der Waals surface area contributed by atoms with Crippen molar-refractivity contribution in [2.45, 2.75) is 109 Å². The number of aromatic amines is 1. The van der Waals surface area contributed by atoms with Crippen LogP contribution in [0.1, 0.15) is 117 Å². The molecule has 0 radical (unpaired) electrons. The van der Waals surface area contributed by atoms with Gasteiger partial charge in [-0.25, -0.2) is 0 Å². The molecule has 5 N–H and O–H groups in total. The summed E-state index contributed by atoms with van der Waals surface area (Å²) in [5.41, 5.74) is 7.23. The van der Waals surface area contributed by atoms with Crippen LogP contribution in [0.4, 0.5) is 5.69 Å². The van der Waals surface area contributed by atoms with E-state index in [1.807, 2.05) is 77.6 Å². The molecule has 4 heterocycles. The van der Waals surface area contributed by atoms with Crippen molar-refractivity contribution in [1.82, 2.24) is 14.9 Å². The van der Waals surface area contributed by atoms with Gasteiger partial charge in [0, 0.05) is 92.7 Å². The van der Waals surface area contributed by atoms with E-state index in [1.54, 1.807) is 24.3 Å². The van der Waals surface area contributed by atoms with Crippen molar-refractivity contribution in [1.29, 1.82) is 0 Å². The van der Waals surface area contributed by atoms with Crippen molar-refractivity contribution >= 4 is 34.0 Å². The molecule has 5 atom stereocenters. The van der Waals surface area contributed by atoms with Crippen molar-refractivity contribution in [2.75, 3.05) is 25.1 Å². The molecule has 13 heteroatoms. The van der Waals surface area contributed by atoms with E-state index in [2.05, 4.69) is 83.1 Å². The Balaban J connectivity index is 1.04. The lowest BCUT2D eigenvalue weighted by molar-refractivity contribution is -0.148. The Bertz CT molecular complexity index is 3640. The number of carbonyl (C=O) groups is 3. The summed E-state index contributed by atoms with van der Waals surface area (Å²) in [6, 6.07) is 31.2.